The number of H-pyrrole nitrogens is 1. The molecular formula is C9H7BrN2O2. The molecule has 0 saturated heterocycles. The van der Waals surface area contributed by atoms with Crippen molar-refractivity contribution in [1.82, 2.24) is 9.97 Å². The van der Waals surface area contributed by atoms with Crippen molar-refractivity contribution in [2.24, 2.45) is 0 Å². The van der Waals surface area contributed by atoms with Gasteiger partial charge in [-0.3, -0.25) is 4.79 Å². The number of hydrogen-bond donors (Lipinski definition) is 1. The molecule has 2 aromatic rings. The highest BCUT2D eigenvalue weighted by atomic mass is 79.9. The van der Waals surface area contributed by atoms with Crippen LogP contribution in [0, 0.1) is 0 Å². The third-order valence-corrected chi connectivity index (χ3v) is 2.27. The maximum Gasteiger partial charge on any atom is 0.259 e. The van der Waals surface area contributed by atoms with Gasteiger partial charge in [0.05, 0.1) is 12.5 Å². The molecule has 14 heavy (non-hydrogen) atoms. The number of para-hydroxylation sites is 1. The van der Waals surface area contributed by atoms with Crippen LogP contribution >= 0.6 is 15.9 Å². The van der Waals surface area contributed by atoms with Crippen LogP contribution in [-0.2, 0) is 0 Å². The molecule has 0 unspecified atom stereocenters. The molecule has 72 valence electrons. The van der Waals surface area contributed by atoms with E-state index in [0.717, 1.165) is 0 Å². The zero-order valence-electron chi connectivity index (χ0n) is 7.37. The lowest BCUT2D eigenvalue weighted by molar-refractivity contribution is 0.418. The quantitative estimate of drug-likeness (QED) is 0.789. The fourth-order valence-corrected chi connectivity index (χ4v) is 1.63. The van der Waals surface area contributed by atoms with Crippen LogP contribution in [0.3, 0.4) is 0 Å². The molecule has 0 aliphatic heterocycles. The van der Waals surface area contributed by atoms with Crippen molar-refractivity contribution in [1.29, 1.82) is 0 Å². The summed E-state index contributed by atoms with van der Waals surface area (Å²) in [5, 5.41) is 0.521. The summed E-state index contributed by atoms with van der Waals surface area (Å²) in [4.78, 5) is 18.2. The number of hydrogen-bond acceptors (Lipinski definition) is 3. The van der Waals surface area contributed by atoms with Gasteiger partial charge in [0.25, 0.3) is 5.56 Å². The van der Waals surface area contributed by atoms with Crippen molar-refractivity contribution in [3.05, 3.63) is 33.3 Å². The molecule has 1 N–H and O–H groups in total. The van der Waals surface area contributed by atoms with Gasteiger partial charge in [0.2, 0.25) is 0 Å². The minimum absolute atomic E-state index is 0.180. The summed E-state index contributed by atoms with van der Waals surface area (Å²) in [6, 6.07) is 5.23. The highest BCUT2D eigenvalue weighted by Crippen LogP contribution is 2.21. The van der Waals surface area contributed by atoms with Crippen LogP contribution in [0.25, 0.3) is 10.9 Å². The number of fused-ring (bicyclic) bond motifs is 1. The monoisotopic (exact) mass is 254 g/mol. The second kappa shape index (κ2) is 3.42. The summed E-state index contributed by atoms with van der Waals surface area (Å²) in [6.07, 6.45) is 0. The van der Waals surface area contributed by atoms with Crippen molar-refractivity contribution in [3.63, 3.8) is 0 Å². The average Bonchev–Trinajstić information content (AvgIpc) is 2.17. The predicted octanol–water partition coefficient (Wildman–Crippen LogP) is 1.69. The molecule has 0 aliphatic rings. The van der Waals surface area contributed by atoms with Gasteiger partial charge in [-0.1, -0.05) is 6.07 Å². The first-order valence-corrected chi connectivity index (χ1v) is 4.74. The van der Waals surface area contributed by atoms with E-state index in [4.69, 9.17) is 4.74 Å². The zero-order chi connectivity index (χ0) is 10.1. The van der Waals surface area contributed by atoms with Crippen LogP contribution in [0.2, 0.25) is 0 Å². The Morgan fingerprint density at radius 2 is 2.29 bits per heavy atom. The maximum atomic E-state index is 11.5. The Kier molecular flexibility index (Phi) is 2.25. The van der Waals surface area contributed by atoms with Crippen LogP contribution in [0.4, 0.5) is 0 Å². The topological polar surface area (TPSA) is 55.0 Å². The van der Waals surface area contributed by atoms with E-state index in [-0.39, 0.29) is 5.56 Å². The fourth-order valence-electron chi connectivity index (χ4n) is 1.27. The Bertz CT molecular complexity index is 536. The normalized spacial score (nSPS) is 10.4. The lowest BCUT2D eigenvalue weighted by atomic mass is 10.2. The van der Waals surface area contributed by atoms with Gasteiger partial charge in [0.1, 0.15) is 11.3 Å². The Hall–Kier alpha value is -1.36. The third kappa shape index (κ3) is 1.39. The minimum Gasteiger partial charge on any atom is -0.494 e. The number of aromatic nitrogens is 2. The molecule has 1 heterocycles. The molecule has 0 radical (unpaired) electrons. The second-order valence-corrected chi connectivity index (χ2v) is 3.46. The summed E-state index contributed by atoms with van der Waals surface area (Å²) in [5.74, 6) is 0.592. The molecule has 0 spiro atoms. The predicted molar refractivity (Wildman–Crippen MR) is 56.6 cm³/mol. The van der Waals surface area contributed by atoms with Crippen LogP contribution in [0.5, 0.6) is 5.75 Å². The minimum atomic E-state index is -0.180. The first kappa shape index (κ1) is 9.21. The van der Waals surface area contributed by atoms with E-state index < -0.39 is 0 Å². The zero-order valence-corrected chi connectivity index (χ0v) is 8.96. The van der Waals surface area contributed by atoms with Gasteiger partial charge in [-0.2, -0.15) is 0 Å². The third-order valence-electron chi connectivity index (χ3n) is 1.89. The molecular weight excluding hydrogens is 248 g/mol. The Balaban J connectivity index is 2.94. The van der Waals surface area contributed by atoms with Gasteiger partial charge in [-0.15, -0.1) is 0 Å². The van der Waals surface area contributed by atoms with Crippen LogP contribution in [-0.4, -0.2) is 17.1 Å². The number of aromatic amines is 1. The molecule has 2 rings (SSSR count). The number of nitrogens with zero attached hydrogens (tertiary/aromatic N) is 1. The van der Waals surface area contributed by atoms with Crippen molar-refractivity contribution in [3.8, 4) is 5.75 Å². The van der Waals surface area contributed by atoms with Crippen LogP contribution < -0.4 is 10.3 Å². The Labute approximate surface area is 88.1 Å². The van der Waals surface area contributed by atoms with Crippen molar-refractivity contribution >= 4 is 26.8 Å². The summed E-state index contributed by atoms with van der Waals surface area (Å²) in [6.45, 7) is 0. The maximum absolute atomic E-state index is 11.5. The molecule has 0 amide bonds. The van der Waals surface area contributed by atoms with E-state index in [0.29, 0.717) is 21.4 Å². The summed E-state index contributed by atoms with van der Waals surface area (Å²) >= 11 is 3.12. The molecule has 5 heteroatoms. The van der Waals surface area contributed by atoms with Crippen molar-refractivity contribution in [2.45, 2.75) is 0 Å². The highest BCUT2D eigenvalue weighted by Gasteiger charge is 2.06. The van der Waals surface area contributed by atoms with Gasteiger partial charge in [0, 0.05) is 0 Å². The molecule has 0 atom stereocenters. The van der Waals surface area contributed by atoms with E-state index in [2.05, 4.69) is 25.9 Å². The lowest BCUT2D eigenvalue weighted by Crippen LogP contribution is -2.08. The summed E-state index contributed by atoms with van der Waals surface area (Å²) in [7, 11) is 1.55. The summed E-state index contributed by atoms with van der Waals surface area (Å²) < 4.78 is 5.50. The lowest BCUT2D eigenvalue weighted by Gasteiger charge is -2.03. The van der Waals surface area contributed by atoms with Gasteiger partial charge >= 0.3 is 0 Å². The van der Waals surface area contributed by atoms with Crippen molar-refractivity contribution < 1.29 is 4.74 Å². The molecule has 0 bridgehead atoms. The summed E-state index contributed by atoms with van der Waals surface area (Å²) in [5.41, 5.74) is 0.381. The number of methoxy groups -OCH3 is 1. The van der Waals surface area contributed by atoms with E-state index in [1.807, 2.05) is 0 Å². The number of nitrogens with one attached hydrogen (secondary N) is 1. The molecule has 0 saturated carbocycles. The standard InChI is InChI=1S/C9H7BrN2O2/c1-14-6-4-2-3-5-7(6)11-9(10)12-8(5)13/h2-4H,1H3,(H,11,12,13). The van der Waals surface area contributed by atoms with E-state index in [1.54, 1.807) is 25.3 Å². The molecule has 1 aromatic carbocycles. The van der Waals surface area contributed by atoms with E-state index >= 15 is 0 Å². The average molecular weight is 255 g/mol. The molecule has 1 aromatic heterocycles. The highest BCUT2D eigenvalue weighted by molar-refractivity contribution is 9.10. The first-order chi connectivity index (χ1) is 6.72. The Morgan fingerprint density at radius 3 is 3.00 bits per heavy atom. The number of rotatable bonds is 1. The van der Waals surface area contributed by atoms with E-state index in [9.17, 15) is 4.79 Å². The molecule has 4 nitrogen and oxygen atoms in total. The second-order valence-electron chi connectivity index (χ2n) is 2.71. The Morgan fingerprint density at radius 1 is 1.50 bits per heavy atom. The molecule has 0 fully saturated rings. The van der Waals surface area contributed by atoms with Gasteiger partial charge in [0.15, 0.2) is 4.73 Å². The number of halogens is 1. The van der Waals surface area contributed by atoms with Gasteiger partial charge < -0.3 is 9.72 Å². The number of ether oxygens (including phenoxy) is 1. The van der Waals surface area contributed by atoms with E-state index in [1.165, 1.54) is 0 Å². The fraction of sp³-hybridized carbons (Fsp3) is 0.111. The smallest absolute Gasteiger partial charge is 0.259 e. The molecule has 0 aliphatic carbocycles. The number of benzene rings is 1. The SMILES string of the molecule is COc1cccc2c(=O)[nH]c(Br)nc12. The van der Waals surface area contributed by atoms with Crippen LogP contribution in [0.15, 0.2) is 27.7 Å². The van der Waals surface area contributed by atoms with Crippen LogP contribution in [0.1, 0.15) is 0 Å². The first-order valence-electron chi connectivity index (χ1n) is 3.95. The van der Waals surface area contributed by atoms with Gasteiger partial charge in [-0.25, -0.2) is 4.98 Å². The van der Waals surface area contributed by atoms with Crippen molar-refractivity contribution in [2.75, 3.05) is 7.11 Å². The largest absolute Gasteiger partial charge is 0.494 e. The van der Waals surface area contributed by atoms with Gasteiger partial charge in [-0.05, 0) is 28.1 Å².